The number of halogens is 1. The van der Waals surface area contributed by atoms with Crippen LogP contribution in [0.25, 0.3) is 11.4 Å². The minimum Gasteiger partial charge on any atom is -0.484 e. The summed E-state index contributed by atoms with van der Waals surface area (Å²) in [5, 5.41) is 15.3. The molecular formula is C18H16ClN5O2. The number of nitrogens with one attached hydrogen (secondary N) is 1. The normalized spacial score (nSPS) is 13.4. The summed E-state index contributed by atoms with van der Waals surface area (Å²) < 4.78 is 7.28. The molecule has 0 atom stereocenters. The first-order valence-corrected chi connectivity index (χ1v) is 8.63. The lowest BCUT2D eigenvalue weighted by Crippen LogP contribution is -2.20. The van der Waals surface area contributed by atoms with E-state index >= 15 is 0 Å². The van der Waals surface area contributed by atoms with Crippen molar-refractivity contribution in [3.63, 3.8) is 0 Å². The summed E-state index contributed by atoms with van der Waals surface area (Å²) >= 11 is 5.81. The van der Waals surface area contributed by atoms with Crippen LogP contribution in [0.3, 0.4) is 0 Å². The molecule has 3 aromatic rings. The number of anilines is 1. The quantitative estimate of drug-likeness (QED) is 0.720. The summed E-state index contributed by atoms with van der Waals surface area (Å²) in [5.41, 5.74) is 1.60. The molecule has 1 fully saturated rings. The molecule has 26 heavy (non-hydrogen) atoms. The van der Waals surface area contributed by atoms with Gasteiger partial charge in [-0.1, -0.05) is 11.6 Å². The maximum Gasteiger partial charge on any atom is 0.262 e. The Bertz CT molecular complexity index is 904. The summed E-state index contributed by atoms with van der Waals surface area (Å²) in [6.45, 7) is -0.0800. The first-order valence-electron chi connectivity index (χ1n) is 8.25. The van der Waals surface area contributed by atoms with E-state index in [9.17, 15) is 4.79 Å². The van der Waals surface area contributed by atoms with Gasteiger partial charge in [0.2, 0.25) is 0 Å². The van der Waals surface area contributed by atoms with Crippen molar-refractivity contribution in [2.24, 2.45) is 0 Å². The zero-order chi connectivity index (χ0) is 17.9. The lowest BCUT2D eigenvalue weighted by molar-refractivity contribution is -0.118. The zero-order valence-electron chi connectivity index (χ0n) is 13.8. The molecule has 1 aliphatic rings. The van der Waals surface area contributed by atoms with Gasteiger partial charge < -0.3 is 10.1 Å². The van der Waals surface area contributed by atoms with Gasteiger partial charge in [0.25, 0.3) is 5.91 Å². The zero-order valence-corrected chi connectivity index (χ0v) is 14.6. The Labute approximate surface area is 154 Å². The van der Waals surface area contributed by atoms with Crippen molar-refractivity contribution >= 4 is 23.2 Å². The van der Waals surface area contributed by atoms with Crippen LogP contribution in [-0.4, -0.2) is 32.7 Å². The first kappa shape index (κ1) is 16.5. The Kier molecular flexibility index (Phi) is 4.53. The van der Waals surface area contributed by atoms with Crippen molar-refractivity contribution in [2.75, 3.05) is 11.9 Å². The second-order valence-corrected chi connectivity index (χ2v) is 6.48. The summed E-state index contributed by atoms with van der Waals surface area (Å²) in [5.74, 6) is 1.10. The highest BCUT2D eigenvalue weighted by atomic mass is 35.5. The van der Waals surface area contributed by atoms with E-state index in [4.69, 9.17) is 16.3 Å². The maximum atomic E-state index is 12.0. The molecule has 8 heteroatoms. The van der Waals surface area contributed by atoms with Crippen LogP contribution >= 0.6 is 11.6 Å². The minimum atomic E-state index is -0.240. The van der Waals surface area contributed by atoms with Crippen LogP contribution in [0, 0.1) is 0 Å². The first-order chi connectivity index (χ1) is 12.7. The molecule has 0 spiro atoms. The van der Waals surface area contributed by atoms with Crippen LogP contribution in [0.15, 0.2) is 48.5 Å². The van der Waals surface area contributed by atoms with Crippen LogP contribution in [0.5, 0.6) is 5.75 Å². The standard InChI is InChI=1S/C18H16ClN5O2/c19-13-3-9-16(10-4-13)26-11-17(25)20-14-5-1-12(2-6-14)18-21-22-23-24(18)15-7-8-15/h1-6,9-10,15H,7-8,11H2,(H,20,25). The molecule has 0 radical (unpaired) electrons. The van der Waals surface area contributed by atoms with E-state index in [0.29, 0.717) is 22.5 Å². The Morgan fingerprint density at radius 2 is 1.88 bits per heavy atom. The van der Waals surface area contributed by atoms with E-state index in [1.807, 2.05) is 28.9 Å². The lowest BCUT2D eigenvalue weighted by atomic mass is 10.2. The molecule has 1 heterocycles. The van der Waals surface area contributed by atoms with Gasteiger partial charge in [0.1, 0.15) is 5.75 Å². The third-order valence-corrected chi connectivity index (χ3v) is 4.25. The largest absolute Gasteiger partial charge is 0.484 e. The summed E-state index contributed by atoms with van der Waals surface area (Å²) in [7, 11) is 0. The molecule has 4 rings (SSSR count). The third-order valence-electron chi connectivity index (χ3n) is 4.00. The Hall–Kier alpha value is -2.93. The average Bonchev–Trinajstić information content (AvgIpc) is 3.39. The van der Waals surface area contributed by atoms with E-state index in [0.717, 1.165) is 24.2 Å². The predicted octanol–water partition coefficient (Wildman–Crippen LogP) is 3.35. The van der Waals surface area contributed by atoms with E-state index in [-0.39, 0.29) is 12.5 Å². The van der Waals surface area contributed by atoms with Gasteiger partial charge in [-0.15, -0.1) is 5.10 Å². The van der Waals surface area contributed by atoms with Gasteiger partial charge in [-0.3, -0.25) is 4.79 Å². The van der Waals surface area contributed by atoms with Crippen LogP contribution in [0.2, 0.25) is 5.02 Å². The number of ether oxygens (including phenoxy) is 1. The number of carbonyl (C=O) groups is 1. The van der Waals surface area contributed by atoms with Crippen LogP contribution in [-0.2, 0) is 4.79 Å². The molecule has 0 aliphatic heterocycles. The topological polar surface area (TPSA) is 81.9 Å². The number of rotatable bonds is 6. The van der Waals surface area contributed by atoms with E-state index < -0.39 is 0 Å². The highest BCUT2D eigenvalue weighted by Gasteiger charge is 2.28. The number of benzene rings is 2. The number of aromatic nitrogens is 4. The molecule has 0 saturated heterocycles. The highest BCUT2D eigenvalue weighted by Crippen LogP contribution is 2.36. The van der Waals surface area contributed by atoms with Gasteiger partial charge in [-0.05, 0) is 71.8 Å². The van der Waals surface area contributed by atoms with Gasteiger partial charge in [0.05, 0.1) is 6.04 Å². The molecule has 1 amide bonds. The molecule has 132 valence electrons. The molecule has 2 aromatic carbocycles. The molecule has 1 aromatic heterocycles. The molecule has 0 bridgehead atoms. The second-order valence-electron chi connectivity index (χ2n) is 6.05. The fourth-order valence-corrected chi connectivity index (χ4v) is 2.65. The number of hydrogen-bond acceptors (Lipinski definition) is 5. The monoisotopic (exact) mass is 369 g/mol. The van der Waals surface area contributed by atoms with E-state index in [1.165, 1.54) is 0 Å². The van der Waals surface area contributed by atoms with Gasteiger partial charge in [0, 0.05) is 16.3 Å². The predicted molar refractivity (Wildman–Crippen MR) is 97.1 cm³/mol. The summed E-state index contributed by atoms with van der Waals surface area (Å²) in [6.07, 6.45) is 2.22. The Morgan fingerprint density at radius 1 is 1.15 bits per heavy atom. The van der Waals surface area contributed by atoms with Gasteiger partial charge in [-0.25, -0.2) is 4.68 Å². The van der Waals surface area contributed by atoms with Crippen molar-refractivity contribution in [3.05, 3.63) is 53.6 Å². The number of carbonyl (C=O) groups excluding carboxylic acids is 1. The summed E-state index contributed by atoms with van der Waals surface area (Å²) in [4.78, 5) is 12.0. The smallest absolute Gasteiger partial charge is 0.262 e. The summed E-state index contributed by atoms with van der Waals surface area (Å²) in [6, 6.07) is 14.7. The van der Waals surface area contributed by atoms with Gasteiger partial charge in [-0.2, -0.15) is 0 Å². The average molecular weight is 370 g/mol. The molecule has 7 nitrogen and oxygen atoms in total. The SMILES string of the molecule is O=C(COc1ccc(Cl)cc1)Nc1ccc(-c2nnnn2C2CC2)cc1. The second kappa shape index (κ2) is 7.13. The molecule has 1 aliphatic carbocycles. The van der Waals surface area contributed by atoms with Gasteiger partial charge in [0.15, 0.2) is 12.4 Å². The van der Waals surface area contributed by atoms with Crippen LogP contribution < -0.4 is 10.1 Å². The van der Waals surface area contributed by atoms with Crippen molar-refractivity contribution in [2.45, 2.75) is 18.9 Å². The number of tetrazole rings is 1. The Morgan fingerprint density at radius 3 is 2.58 bits per heavy atom. The van der Waals surface area contributed by atoms with Gasteiger partial charge >= 0.3 is 0 Å². The molecule has 1 saturated carbocycles. The lowest BCUT2D eigenvalue weighted by Gasteiger charge is -2.08. The molecule has 0 unspecified atom stereocenters. The highest BCUT2D eigenvalue weighted by molar-refractivity contribution is 6.30. The number of hydrogen-bond donors (Lipinski definition) is 1. The fourth-order valence-electron chi connectivity index (χ4n) is 2.53. The van der Waals surface area contributed by atoms with Crippen LogP contribution in [0.1, 0.15) is 18.9 Å². The molecular weight excluding hydrogens is 354 g/mol. The Balaban J connectivity index is 1.35. The van der Waals surface area contributed by atoms with Crippen LogP contribution in [0.4, 0.5) is 5.69 Å². The van der Waals surface area contributed by atoms with Crippen molar-refractivity contribution in [1.82, 2.24) is 20.2 Å². The van der Waals surface area contributed by atoms with E-state index in [2.05, 4.69) is 20.8 Å². The van der Waals surface area contributed by atoms with Crippen molar-refractivity contribution in [3.8, 4) is 17.1 Å². The third kappa shape index (κ3) is 3.83. The van der Waals surface area contributed by atoms with Crippen molar-refractivity contribution < 1.29 is 9.53 Å². The number of amides is 1. The van der Waals surface area contributed by atoms with Crippen molar-refractivity contribution in [1.29, 1.82) is 0 Å². The maximum absolute atomic E-state index is 12.0. The minimum absolute atomic E-state index is 0.0800. The van der Waals surface area contributed by atoms with E-state index in [1.54, 1.807) is 24.3 Å². The fraction of sp³-hybridized carbons (Fsp3) is 0.222. The number of nitrogens with zero attached hydrogens (tertiary/aromatic N) is 4. The molecule has 1 N–H and O–H groups in total.